The zero-order valence-electron chi connectivity index (χ0n) is 23.2. The summed E-state index contributed by atoms with van der Waals surface area (Å²) in [6, 6.07) is 10.7. The van der Waals surface area contributed by atoms with Crippen LogP contribution in [0.25, 0.3) is 6.08 Å². The molecule has 1 N–H and O–H groups in total. The summed E-state index contributed by atoms with van der Waals surface area (Å²) in [6.45, 7) is 0.183. The van der Waals surface area contributed by atoms with Crippen LogP contribution >= 0.6 is 11.6 Å². The van der Waals surface area contributed by atoms with Crippen molar-refractivity contribution in [2.24, 2.45) is 0 Å². The number of furan rings is 1. The summed E-state index contributed by atoms with van der Waals surface area (Å²) in [6.07, 6.45) is 7.07. The topological polar surface area (TPSA) is 110 Å². The normalized spacial score (nSPS) is 29.7. The summed E-state index contributed by atoms with van der Waals surface area (Å²) in [7, 11) is -0.650. The molecule has 0 unspecified atom stereocenters. The summed E-state index contributed by atoms with van der Waals surface area (Å²) in [5.74, 6) is 0.924. The number of aliphatic hydroxyl groups is 1. The number of likely N-dealkylation sites (N-methyl/N-ethyl adjacent to an activating group) is 1. The second-order valence-electron chi connectivity index (χ2n) is 11.6. The van der Waals surface area contributed by atoms with Crippen LogP contribution in [-0.4, -0.2) is 73.1 Å². The SMILES string of the molecule is COc1ccc2c3c1O[C@H]1[C@H](N(C)C(=O)/C=C/c4ccoc4)CC[C@@]4(O)[C@@H](C2)N(S(=O)(=O)c2cccc(Cl)c2)CC[C@]314. The predicted octanol–water partition coefficient (Wildman–Crippen LogP) is 4.03. The van der Waals surface area contributed by atoms with Gasteiger partial charge in [-0.1, -0.05) is 23.7 Å². The number of amides is 1. The van der Waals surface area contributed by atoms with Gasteiger partial charge >= 0.3 is 0 Å². The molecule has 2 bridgehead atoms. The summed E-state index contributed by atoms with van der Waals surface area (Å²) in [5, 5.41) is 13.1. The van der Waals surface area contributed by atoms with Crippen LogP contribution in [0.1, 0.15) is 36.0 Å². The third-order valence-electron chi connectivity index (χ3n) is 9.80. The van der Waals surface area contributed by atoms with Gasteiger partial charge in [0, 0.05) is 35.8 Å². The molecule has 3 aromatic rings. The van der Waals surface area contributed by atoms with E-state index < -0.39 is 33.2 Å². The van der Waals surface area contributed by atoms with Crippen molar-refractivity contribution in [3.63, 3.8) is 0 Å². The first kappa shape index (κ1) is 27.5. The molecular formula is C31H31ClN2O7S. The Labute approximate surface area is 249 Å². The van der Waals surface area contributed by atoms with E-state index in [1.165, 1.54) is 22.5 Å². The van der Waals surface area contributed by atoms with E-state index in [2.05, 4.69) is 0 Å². The summed E-state index contributed by atoms with van der Waals surface area (Å²) in [4.78, 5) is 15.1. The van der Waals surface area contributed by atoms with Crippen LogP contribution in [0, 0.1) is 0 Å². The number of hydrogen-bond acceptors (Lipinski definition) is 7. The summed E-state index contributed by atoms with van der Waals surface area (Å²) in [5.41, 5.74) is 0.212. The Bertz CT molecular complexity index is 1710. The Morgan fingerprint density at radius 3 is 2.81 bits per heavy atom. The molecule has 9 nitrogen and oxygen atoms in total. The van der Waals surface area contributed by atoms with Crippen LogP contribution < -0.4 is 9.47 Å². The molecular weight excluding hydrogens is 580 g/mol. The van der Waals surface area contributed by atoms with E-state index in [0.29, 0.717) is 42.2 Å². The Kier molecular flexibility index (Phi) is 6.29. The van der Waals surface area contributed by atoms with Gasteiger partial charge in [0.2, 0.25) is 15.9 Å². The molecule has 7 rings (SSSR count). The fourth-order valence-electron chi connectivity index (χ4n) is 7.90. The van der Waals surface area contributed by atoms with Crippen molar-refractivity contribution in [2.75, 3.05) is 20.7 Å². The first-order valence-corrected chi connectivity index (χ1v) is 15.8. The molecule has 2 aromatic carbocycles. The van der Waals surface area contributed by atoms with Crippen LogP contribution in [0.15, 0.2) is 70.4 Å². The van der Waals surface area contributed by atoms with E-state index in [0.717, 1.165) is 16.7 Å². The smallest absolute Gasteiger partial charge is 0.246 e. The van der Waals surface area contributed by atoms with Crippen molar-refractivity contribution in [1.29, 1.82) is 0 Å². The first-order chi connectivity index (χ1) is 20.1. The molecule has 2 aliphatic heterocycles. The molecule has 1 aromatic heterocycles. The molecule has 2 fully saturated rings. The number of halogens is 1. The molecule has 1 spiro atoms. The minimum Gasteiger partial charge on any atom is -0.493 e. The zero-order valence-corrected chi connectivity index (χ0v) is 24.8. The number of carbonyl (C=O) groups excluding carboxylic acids is 1. The standard InChI is InChI=1S/C31H31ClN2O7S/c1-33(26(35)9-6-19-11-15-40-18-19)23-10-12-31(36)25-16-20-7-8-24(39-2)28-27(20)30(31,29(23)41-28)13-14-34(25)42(37,38)22-5-3-4-21(32)17-22/h3-9,11,15,17-18,23,25,29,36H,10,12-14,16H2,1-2H3/b9-6+/t23-,25-,29+,30+,31-/m1/s1. The van der Waals surface area contributed by atoms with Crippen molar-refractivity contribution in [1.82, 2.24) is 9.21 Å². The lowest BCUT2D eigenvalue weighted by Crippen LogP contribution is -2.78. The molecule has 1 amide bonds. The van der Waals surface area contributed by atoms with E-state index in [-0.39, 0.29) is 23.4 Å². The lowest BCUT2D eigenvalue weighted by Gasteiger charge is -2.64. The quantitative estimate of drug-likeness (QED) is 0.420. The minimum absolute atomic E-state index is 0.0958. The van der Waals surface area contributed by atoms with Gasteiger partial charge in [-0.2, -0.15) is 4.31 Å². The Morgan fingerprint density at radius 1 is 1.24 bits per heavy atom. The van der Waals surface area contributed by atoms with E-state index in [1.54, 1.807) is 55.9 Å². The molecule has 3 heterocycles. The minimum atomic E-state index is -3.97. The third kappa shape index (κ3) is 3.68. The maximum absolute atomic E-state index is 14.0. The number of carbonyl (C=O) groups is 1. The number of nitrogens with zero attached hydrogens (tertiary/aromatic N) is 2. The monoisotopic (exact) mass is 610 g/mol. The van der Waals surface area contributed by atoms with Crippen LogP contribution in [0.5, 0.6) is 11.5 Å². The van der Waals surface area contributed by atoms with Gasteiger partial charge in [0.15, 0.2) is 11.5 Å². The third-order valence-corrected chi connectivity index (χ3v) is 11.9. The van der Waals surface area contributed by atoms with Gasteiger partial charge in [-0.25, -0.2) is 8.42 Å². The zero-order chi connectivity index (χ0) is 29.4. The van der Waals surface area contributed by atoms with E-state index in [9.17, 15) is 18.3 Å². The molecule has 2 aliphatic carbocycles. The molecule has 4 aliphatic rings. The fraction of sp³-hybridized carbons (Fsp3) is 0.387. The number of sulfonamides is 1. The summed E-state index contributed by atoms with van der Waals surface area (Å²) >= 11 is 6.17. The average Bonchev–Trinajstić information content (AvgIpc) is 3.61. The predicted molar refractivity (Wildman–Crippen MR) is 155 cm³/mol. The number of piperidine rings is 1. The summed E-state index contributed by atoms with van der Waals surface area (Å²) < 4.78 is 47.0. The second-order valence-corrected chi connectivity index (χ2v) is 13.9. The van der Waals surface area contributed by atoms with Crippen molar-refractivity contribution >= 4 is 33.6 Å². The Hall–Kier alpha value is -3.31. The van der Waals surface area contributed by atoms with Crippen molar-refractivity contribution < 1.29 is 32.2 Å². The van der Waals surface area contributed by atoms with Gasteiger partial charge in [-0.15, -0.1) is 0 Å². The molecule has 5 atom stereocenters. The molecule has 0 radical (unpaired) electrons. The molecule has 11 heteroatoms. The maximum Gasteiger partial charge on any atom is 0.246 e. The number of benzene rings is 2. The highest BCUT2D eigenvalue weighted by Gasteiger charge is 2.74. The molecule has 1 saturated carbocycles. The highest BCUT2D eigenvalue weighted by Crippen LogP contribution is 2.66. The van der Waals surface area contributed by atoms with E-state index in [4.69, 9.17) is 25.5 Å². The Morgan fingerprint density at radius 2 is 2.07 bits per heavy atom. The maximum atomic E-state index is 14.0. The van der Waals surface area contributed by atoms with Gasteiger partial charge in [-0.05, 0) is 67.7 Å². The largest absolute Gasteiger partial charge is 0.493 e. The van der Waals surface area contributed by atoms with Crippen LogP contribution in [0.3, 0.4) is 0 Å². The average molecular weight is 611 g/mol. The lowest BCUT2D eigenvalue weighted by molar-refractivity contribution is -0.186. The number of ether oxygens (including phenoxy) is 2. The highest BCUT2D eigenvalue weighted by atomic mass is 35.5. The van der Waals surface area contributed by atoms with Crippen molar-refractivity contribution in [3.8, 4) is 11.5 Å². The van der Waals surface area contributed by atoms with Gasteiger partial charge in [0.25, 0.3) is 0 Å². The molecule has 1 saturated heterocycles. The van der Waals surface area contributed by atoms with Crippen LogP contribution in [0.2, 0.25) is 5.02 Å². The molecule has 220 valence electrons. The number of hydrogen-bond donors (Lipinski definition) is 1. The number of rotatable bonds is 6. The van der Waals surface area contributed by atoms with Gasteiger partial charge in [-0.3, -0.25) is 4.79 Å². The van der Waals surface area contributed by atoms with Crippen molar-refractivity contribution in [3.05, 3.63) is 82.8 Å². The second kappa shape index (κ2) is 9.60. The van der Waals surface area contributed by atoms with E-state index in [1.807, 2.05) is 12.1 Å². The fourth-order valence-corrected chi connectivity index (χ4v) is 9.86. The van der Waals surface area contributed by atoms with Gasteiger partial charge in [0.1, 0.15) is 6.10 Å². The van der Waals surface area contributed by atoms with Crippen LogP contribution in [-0.2, 0) is 26.7 Å². The van der Waals surface area contributed by atoms with Gasteiger partial charge < -0.3 is 23.9 Å². The lowest BCUT2D eigenvalue weighted by atomic mass is 9.48. The molecule has 42 heavy (non-hydrogen) atoms. The van der Waals surface area contributed by atoms with E-state index >= 15 is 0 Å². The van der Waals surface area contributed by atoms with Crippen LogP contribution in [0.4, 0.5) is 0 Å². The first-order valence-electron chi connectivity index (χ1n) is 14.0. The number of methoxy groups -OCH3 is 1. The highest BCUT2D eigenvalue weighted by molar-refractivity contribution is 7.89. The Balaban J connectivity index is 1.32. The van der Waals surface area contributed by atoms with Crippen molar-refractivity contribution in [2.45, 2.75) is 59.8 Å². The van der Waals surface area contributed by atoms with Gasteiger partial charge in [0.05, 0.1) is 47.6 Å².